The summed E-state index contributed by atoms with van der Waals surface area (Å²) in [5, 5.41) is 22.0. The molecule has 2 heterocycles. The van der Waals surface area contributed by atoms with Gasteiger partial charge >= 0.3 is 0 Å². The van der Waals surface area contributed by atoms with E-state index >= 15 is 0 Å². The van der Waals surface area contributed by atoms with E-state index in [9.17, 15) is 15.0 Å². The fourth-order valence-corrected chi connectivity index (χ4v) is 4.23. The molecule has 0 bridgehead atoms. The van der Waals surface area contributed by atoms with E-state index in [2.05, 4.69) is 10.2 Å². The van der Waals surface area contributed by atoms with Crippen LogP contribution in [0, 0.1) is 0 Å². The summed E-state index contributed by atoms with van der Waals surface area (Å²) in [4.78, 5) is 13.5. The summed E-state index contributed by atoms with van der Waals surface area (Å²) in [5.74, 6) is -0.114. The van der Waals surface area contributed by atoms with Crippen LogP contribution >= 0.6 is 0 Å². The lowest BCUT2D eigenvalue weighted by atomic mass is 9.99. The Balaban J connectivity index is 1.52. The second kappa shape index (κ2) is 9.89. The predicted octanol–water partition coefficient (Wildman–Crippen LogP) is 2.75. The number of anilines is 1. The Hall–Kier alpha value is -2.29. The third-order valence-electron chi connectivity index (χ3n) is 5.83. The highest BCUT2D eigenvalue weighted by Gasteiger charge is 2.34. The third kappa shape index (κ3) is 5.70. The topological polar surface area (TPSA) is 91.3 Å². The number of likely N-dealkylation sites (tertiary alicyclic amines) is 1. The lowest BCUT2D eigenvalue weighted by Crippen LogP contribution is -2.38. The van der Waals surface area contributed by atoms with Gasteiger partial charge in [-0.1, -0.05) is 36.4 Å². The number of nitrogens with zero attached hydrogens (tertiary/aromatic N) is 1. The Morgan fingerprint density at radius 1 is 1.10 bits per heavy atom. The molecule has 31 heavy (non-hydrogen) atoms. The summed E-state index contributed by atoms with van der Waals surface area (Å²) in [6.07, 6.45) is 0.536. The van der Waals surface area contributed by atoms with Crippen molar-refractivity contribution in [3.63, 3.8) is 0 Å². The molecule has 2 fully saturated rings. The largest absolute Gasteiger partial charge is 0.392 e. The van der Waals surface area contributed by atoms with Crippen LogP contribution in [-0.2, 0) is 20.9 Å². The van der Waals surface area contributed by atoms with E-state index in [0.29, 0.717) is 13.0 Å². The number of ether oxygens (including phenoxy) is 2. The van der Waals surface area contributed by atoms with Gasteiger partial charge in [0.15, 0.2) is 6.29 Å². The highest BCUT2D eigenvalue weighted by molar-refractivity contribution is 5.88. The van der Waals surface area contributed by atoms with Gasteiger partial charge in [0.1, 0.15) is 0 Å². The van der Waals surface area contributed by atoms with Crippen LogP contribution < -0.4 is 5.32 Å². The maximum absolute atomic E-state index is 11.3. The van der Waals surface area contributed by atoms with Gasteiger partial charge in [-0.25, -0.2) is 0 Å². The van der Waals surface area contributed by atoms with Gasteiger partial charge in [-0.05, 0) is 29.7 Å². The highest BCUT2D eigenvalue weighted by Crippen LogP contribution is 2.38. The molecule has 2 aromatic carbocycles. The summed E-state index contributed by atoms with van der Waals surface area (Å²) in [6.45, 7) is 3.78. The SMILES string of the molecule is CC(=O)Nc1ccc(C2OC(CN3CCC(O)C3)CC(c3ccc(CO)cc3)O2)cc1. The Bertz CT molecular complexity index is 871. The molecular weight excluding hydrogens is 396 g/mol. The van der Waals surface area contributed by atoms with E-state index in [1.54, 1.807) is 0 Å². The van der Waals surface area contributed by atoms with E-state index in [-0.39, 0.29) is 30.8 Å². The van der Waals surface area contributed by atoms with Gasteiger partial charge in [-0.2, -0.15) is 0 Å². The minimum atomic E-state index is -0.528. The maximum atomic E-state index is 11.3. The number of nitrogens with one attached hydrogen (secondary N) is 1. The molecule has 0 radical (unpaired) electrons. The first-order valence-electron chi connectivity index (χ1n) is 10.8. The number of aliphatic hydroxyl groups excluding tert-OH is 2. The zero-order valence-corrected chi connectivity index (χ0v) is 17.7. The van der Waals surface area contributed by atoms with Gasteiger partial charge in [-0.3, -0.25) is 9.69 Å². The molecule has 2 aromatic rings. The van der Waals surface area contributed by atoms with Crippen LogP contribution in [0.2, 0.25) is 0 Å². The van der Waals surface area contributed by atoms with Gasteiger partial charge in [-0.15, -0.1) is 0 Å². The number of carbonyl (C=O) groups excluding carboxylic acids is 1. The molecule has 4 unspecified atom stereocenters. The van der Waals surface area contributed by atoms with Crippen molar-refractivity contribution < 1.29 is 24.5 Å². The first kappa shape index (κ1) is 21.9. The minimum Gasteiger partial charge on any atom is -0.392 e. The van der Waals surface area contributed by atoms with E-state index in [1.807, 2.05) is 48.5 Å². The van der Waals surface area contributed by atoms with Crippen LogP contribution in [0.3, 0.4) is 0 Å². The molecule has 0 spiro atoms. The molecule has 0 saturated carbocycles. The molecule has 3 N–H and O–H groups in total. The fourth-order valence-electron chi connectivity index (χ4n) is 4.23. The molecule has 4 atom stereocenters. The molecule has 1 amide bonds. The summed E-state index contributed by atoms with van der Waals surface area (Å²) in [7, 11) is 0. The standard InChI is InChI=1S/C24H30N2O5/c1-16(28)25-20-8-6-19(7-9-20)24-30-22(14-26-11-10-21(29)13-26)12-23(31-24)18-4-2-17(15-27)3-5-18/h2-9,21-24,27,29H,10-15H2,1H3,(H,25,28). The molecule has 0 aromatic heterocycles. The normalized spacial score (nSPS) is 26.7. The van der Waals surface area contributed by atoms with Gasteiger partial charge in [0.25, 0.3) is 0 Å². The summed E-state index contributed by atoms with van der Waals surface area (Å²) in [6, 6.07) is 15.3. The minimum absolute atomic E-state index is 0.0120. The van der Waals surface area contributed by atoms with Crippen molar-refractivity contribution >= 4 is 11.6 Å². The predicted molar refractivity (Wildman–Crippen MR) is 116 cm³/mol. The molecule has 7 heteroatoms. The number of carbonyl (C=O) groups is 1. The van der Waals surface area contributed by atoms with Crippen LogP contribution in [-0.4, -0.2) is 52.9 Å². The average Bonchev–Trinajstić information content (AvgIpc) is 3.18. The van der Waals surface area contributed by atoms with E-state index in [1.165, 1.54) is 6.92 Å². The number of amides is 1. The highest BCUT2D eigenvalue weighted by atomic mass is 16.7. The Kier molecular flexibility index (Phi) is 6.99. The summed E-state index contributed by atoms with van der Waals surface area (Å²) in [5.41, 5.74) is 3.53. The Morgan fingerprint density at radius 3 is 2.42 bits per heavy atom. The number of hydrogen-bond acceptors (Lipinski definition) is 6. The number of hydrogen-bond donors (Lipinski definition) is 3. The third-order valence-corrected chi connectivity index (χ3v) is 5.83. The lowest BCUT2D eigenvalue weighted by molar-refractivity contribution is -0.252. The number of β-amino-alcohol motifs (C(OH)–C–C–N with tert-alkyl or cyclic N) is 1. The second-order valence-electron chi connectivity index (χ2n) is 8.36. The smallest absolute Gasteiger partial charge is 0.221 e. The van der Waals surface area contributed by atoms with Crippen LogP contribution in [0.25, 0.3) is 0 Å². The van der Waals surface area contributed by atoms with E-state index in [0.717, 1.165) is 41.9 Å². The first-order chi connectivity index (χ1) is 15.0. The van der Waals surface area contributed by atoms with Crippen molar-refractivity contribution in [1.29, 1.82) is 0 Å². The van der Waals surface area contributed by atoms with Crippen LogP contribution in [0.5, 0.6) is 0 Å². The molecule has 0 aliphatic carbocycles. The van der Waals surface area contributed by atoms with Crippen molar-refractivity contribution in [2.24, 2.45) is 0 Å². The summed E-state index contributed by atoms with van der Waals surface area (Å²) >= 11 is 0. The van der Waals surface area contributed by atoms with Crippen LogP contribution in [0.1, 0.15) is 48.8 Å². The van der Waals surface area contributed by atoms with Crippen molar-refractivity contribution in [3.8, 4) is 0 Å². The van der Waals surface area contributed by atoms with Crippen LogP contribution in [0.4, 0.5) is 5.69 Å². The number of aliphatic hydroxyl groups is 2. The average molecular weight is 427 g/mol. The van der Waals surface area contributed by atoms with Crippen molar-refractivity contribution in [1.82, 2.24) is 4.90 Å². The van der Waals surface area contributed by atoms with Gasteiger partial charge in [0.2, 0.25) is 5.91 Å². The molecular formula is C24H30N2O5. The lowest BCUT2D eigenvalue weighted by Gasteiger charge is -2.37. The number of benzene rings is 2. The molecule has 2 saturated heterocycles. The zero-order valence-electron chi connectivity index (χ0n) is 17.7. The van der Waals surface area contributed by atoms with Crippen LogP contribution in [0.15, 0.2) is 48.5 Å². The molecule has 7 nitrogen and oxygen atoms in total. The first-order valence-corrected chi connectivity index (χ1v) is 10.8. The Labute approximate surface area is 182 Å². The second-order valence-corrected chi connectivity index (χ2v) is 8.36. The summed E-state index contributed by atoms with van der Waals surface area (Å²) < 4.78 is 12.6. The van der Waals surface area contributed by atoms with E-state index in [4.69, 9.17) is 9.47 Å². The maximum Gasteiger partial charge on any atom is 0.221 e. The quantitative estimate of drug-likeness (QED) is 0.658. The fraction of sp³-hybridized carbons (Fsp3) is 0.458. The van der Waals surface area contributed by atoms with Gasteiger partial charge in [0, 0.05) is 44.2 Å². The molecule has 2 aliphatic rings. The van der Waals surface area contributed by atoms with Crippen molar-refractivity contribution in [2.45, 2.75) is 51.0 Å². The van der Waals surface area contributed by atoms with Crippen molar-refractivity contribution in [2.75, 3.05) is 25.0 Å². The number of rotatable bonds is 6. The monoisotopic (exact) mass is 426 g/mol. The zero-order chi connectivity index (χ0) is 21.8. The molecule has 166 valence electrons. The van der Waals surface area contributed by atoms with Crippen molar-refractivity contribution in [3.05, 3.63) is 65.2 Å². The van der Waals surface area contributed by atoms with Gasteiger partial charge < -0.3 is 25.0 Å². The van der Waals surface area contributed by atoms with E-state index < -0.39 is 6.29 Å². The molecule has 4 rings (SSSR count). The van der Waals surface area contributed by atoms with Gasteiger partial charge in [0.05, 0.1) is 24.9 Å². The Morgan fingerprint density at radius 2 is 1.81 bits per heavy atom. The molecule has 2 aliphatic heterocycles.